The van der Waals surface area contributed by atoms with Crippen molar-refractivity contribution in [2.75, 3.05) is 5.88 Å². The molecule has 2 heterocycles. The van der Waals surface area contributed by atoms with Crippen LogP contribution in [-0.2, 0) is 13.5 Å². The largest absolute Gasteiger partial charge is 0.293 e. The maximum absolute atomic E-state index is 5.89. The molecule has 0 atom stereocenters. The topological polar surface area (TPSA) is 35.6 Å². The molecule has 0 radical (unpaired) electrons. The van der Waals surface area contributed by atoms with Crippen LogP contribution in [0, 0.1) is 6.92 Å². The van der Waals surface area contributed by atoms with E-state index in [1.807, 2.05) is 19.4 Å². The minimum absolute atomic E-state index is 0.558. The average molecular weight is 275 g/mol. The van der Waals surface area contributed by atoms with Crippen LogP contribution in [0.15, 0.2) is 30.6 Å². The lowest BCUT2D eigenvalue weighted by Gasteiger charge is -2.05. The highest BCUT2D eigenvalue weighted by molar-refractivity contribution is 6.17. The summed E-state index contributed by atoms with van der Waals surface area (Å²) >= 11 is 5.89. The van der Waals surface area contributed by atoms with E-state index in [1.54, 1.807) is 4.68 Å². The first-order valence-corrected chi connectivity index (χ1v) is 6.76. The van der Waals surface area contributed by atoms with E-state index in [2.05, 4.69) is 34.8 Å². The predicted molar refractivity (Wildman–Crippen MR) is 77.0 cm³/mol. The van der Waals surface area contributed by atoms with Crippen LogP contribution in [0.25, 0.3) is 16.7 Å². The SMILES string of the molecule is Cc1cccc2c1nc(CCCl)n2-c1cnn(C)c1. The van der Waals surface area contributed by atoms with E-state index in [4.69, 9.17) is 16.6 Å². The molecule has 5 heteroatoms. The van der Waals surface area contributed by atoms with Crippen molar-refractivity contribution < 1.29 is 0 Å². The van der Waals surface area contributed by atoms with Crippen molar-refractivity contribution in [2.45, 2.75) is 13.3 Å². The smallest absolute Gasteiger partial charge is 0.115 e. The van der Waals surface area contributed by atoms with Crippen molar-refractivity contribution in [3.05, 3.63) is 42.0 Å². The molecule has 0 amide bonds. The number of imidazole rings is 1. The Morgan fingerprint density at radius 1 is 1.32 bits per heavy atom. The van der Waals surface area contributed by atoms with Gasteiger partial charge in [-0.3, -0.25) is 9.25 Å². The molecule has 0 N–H and O–H groups in total. The van der Waals surface area contributed by atoms with Crippen LogP contribution in [0.4, 0.5) is 0 Å². The quantitative estimate of drug-likeness (QED) is 0.689. The zero-order chi connectivity index (χ0) is 13.4. The van der Waals surface area contributed by atoms with Crippen molar-refractivity contribution in [3.8, 4) is 5.69 Å². The molecular formula is C14H15ClN4. The van der Waals surface area contributed by atoms with Crippen LogP contribution in [0.3, 0.4) is 0 Å². The Morgan fingerprint density at radius 2 is 2.16 bits per heavy atom. The lowest BCUT2D eigenvalue weighted by Crippen LogP contribution is -2.01. The third kappa shape index (κ3) is 2.02. The highest BCUT2D eigenvalue weighted by Gasteiger charge is 2.14. The second-order valence-corrected chi connectivity index (χ2v) is 5.00. The lowest BCUT2D eigenvalue weighted by atomic mass is 10.2. The van der Waals surface area contributed by atoms with Crippen molar-refractivity contribution >= 4 is 22.6 Å². The predicted octanol–water partition coefficient (Wildman–Crippen LogP) is 2.85. The van der Waals surface area contributed by atoms with Gasteiger partial charge in [0, 0.05) is 25.5 Å². The Balaban J connectivity index is 2.31. The van der Waals surface area contributed by atoms with Crippen LogP contribution >= 0.6 is 11.6 Å². The highest BCUT2D eigenvalue weighted by atomic mass is 35.5. The van der Waals surface area contributed by atoms with E-state index in [0.29, 0.717) is 5.88 Å². The summed E-state index contributed by atoms with van der Waals surface area (Å²) in [6, 6.07) is 6.21. The Hall–Kier alpha value is -1.81. The molecule has 3 rings (SSSR count). The summed E-state index contributed by atoms with van der Waals surface area (Å²) in [6.07, 6.45) is 4.58. The number of rotatable bonds is 3. The highest BCUT2D eigenvalue weighted by Crippen LogP contribution is 2.24. The first kappa shape index (κ1) is 12.2. The minimum Gasteiger partial charge on any atom is -0.293 e. The third-order valence-corrected chi connectivity index (χ3v) is 3.41. The Kier molecular flexibility index (Phi) is 3.03. The van der Waals surface area contributed by atoms with Gasteiger partial charge in [-0.25, -0.2) is 4.98 Å². The molecule has 0 saturated heterocycles. The van der Waals surface area contributed by atoms with Gasteiger partial charge in [-0.1, -0.05) is 12.1 Å². The summed E-state index contributed by atoms with van der Waals surface area (Å²) in [5.74, 6) is 1.54. The Labute approximate surface area is 116 Å². The number of hydrogen-bond acceptors (Lipinski definition) is 2. The van der Waals surface area contributed by atoms with Gasteiger partial charge in [-0.2, -0.15) is 5.10 Å². The number of para-hydroxylation sites is 1. The number of aryl methyl sites for hydroxylation is 3. The normalized spacial score (nSPS) is 11.3. The molecule has 3 aromatic rings. The zero-order valence-electron chi connectivity index (χ0n) is 11.0. The summed E-state index contributed by atoms with van der Waals surface area (Å²) in [4.78, 5) is 4.73. The number of hydrogen-bond donors (Lipinski definition) is 0. The zero-order valence-corrected chi connectivity index (χ0v) is 11.7. The van der Waals surface area contributed by atoms with E-state index in [-0.39, 0.29) is 0 Å². The van der Waals surface area contributed by atoms with Gasteiger partial charge in [0.2, 0.25) is 0 Å². The van der Waals surface area contributed by atoms with Gasteiger partial charge in [-0.05, 0) is 18.6 Å². The fourth-order valence-electron chi connectivity index (χ4n) is 2.35. The molecule has 0 spiro atoms. The summed E-state index contributed by atoms with van der Waals surface area (Å²) in [5, 5.41) is 4.24. The molecule has 0 unspecified atom stereocenters. The fraction of sp³-hybridized carbons (Fsp3) is 0.286. The average Bonchev–Trinajstić information content (AvgIpc) is 2.94. The third-order valence-electron chi connectivity index (χ3n) is 3.22. The number of halogens is 1. The van der Waals surface area contributed by atoms with E-state index in [0.717, 1.165) is 29.0 Å². The molecule has 0 aliphatic heterocycles. The van der Waals surface area contributed by atoms with E-state index < -0.39 is 0 Å². The van der Waals surface area contributed by atoms with Gasteiger partial charge in [0.25, 0.3) is 0 Å². The number of nitrogens with zero attached hydrogens (tertiary/aromatic N) is 4. The molecule has 0 saturated carbocycles. The van der Waals surface area contributed by atoms with Crippen LogP contribution in [0.1, 0.15) is 11.4 Å². The second kappa shape index (κ2) is 4.70. The van der Waals surface area contributed by atoms with Gasteiger partial charge >= 0.3 is 0 Å². The number of alkyl halides is 1. The molecule has 19 heavy (non-hydrogen) atoms. The standard InChI is InChI=1S/C14H15ClN4/c1-10-4-3-5-12-14(10)17-13(6-7-15)19(12)11-8-16-18(2)9-11/h3-5,8-9H,6-7H2,1-2H3. The summed E-state index contributed by atoms with van der Waals surface area (Å²) in [6.45, 7) is 2.08. The summed E-state index contributed by atoms with van der Waals surface area (Å²) < 4.78 is 3.93. The van der Waals surface area contributed by atoms with Crippen molar-refractivity contribution in [2.24, 2.45) is 7.05 Å². The monoisotopic (exact) mass is 274 g/mol. The number of fused-ring (bicyclic) bond motifs is 1. The molecule has 98 valence electrons. The van der Waals surface area contributed by atoms with Crippen LogP contribution < -0.4 is 0 Å². The van der Waals surface area contributed by atoms with Crippen LogP contribution in [0.5, 0.6) is 0 Å². The molecule has 0 fully saturated rings. The first-order valence-electron chi connectivity index (χ1n) is 6.22. The molecule has 0 bridgehead atoms. The maximum Gasteiger partial charge on any atom is 0.115 e. The van der Waals surface area contributed by atoms with E-state index >= 15 is 0 Å². The Morgan fingerprint density at radius 3 is 2.84 bits per heavy atom. The second-order valence-electron chi connectivity index (χ2n) is 4.62. The molecule has 0 aliphatic carbocycles. The van der Waals surface area contributed by atoms with Crippen molar-refractivity contribution in [1.82, 2.24) is 19.3 Å². The number of aromatic nitrogens is 4. The minimum atomic E-state index is 0.558. The summed E-state index contributed by atoms with van der Waals surface area (Å²) in [5.41, 5.74) is 4.34. The van der Waals surface area contributed by atoms with Crippen LogP contribution in [0.2, 0.25) is 0 Å². The maximum atomic E-state index is 5.89. The van der Waals surface area contributed by atoms with Gasteiger partial charge in [0.05, 0.1) is 22.9 Å². The first-order chi connectivity index (χ1) is 9.20. The fourth-order valence-corrected chi connectivity index (χ4v) is 2.52. The number of benzene rings is 1. The molecule has 4 nitrogen and oxygen atoms in total. The van der Waals surface area contributed by atoms with E-state index in [9.17, 15) is 0 Å². The molecule has 2 aromatic heterocycles. The molecular weight excluding hydrogens is 260 g/mol. The van der Waals surface area contributed by atoms with Gasteiger partial charge in [0.1, 0.15) is 5.82 Å². The van der Waals surface area contributed by atoms with E-state index in [1.165, 1.54) is 5.56 Å². The Bertz CT molecular complexity index is 726. The van der Waals surface area contributed by atoms with Crippen molar-refractivity contribution in [3.63, 3.8) is 0 Å². The van der Waals surface area contributed by atoms with Gasteiger partial charge < -0.3 is 0 Å². The van der Waals surface area contributed by atoms with Gasteiger partial charge in [0.15, 0.2) is 0 Å². The summed E-state index contributed by atoms with van der Waals surface area (Å²) in [7, 11) is 1.91. The molecule has 1 aromatic carbocycles. The van der Waals surface area contributed by atoms with Crippen LogP contribution in [-0.4, -0.2) is 25.2 Å². The molecule has 0 aliphatic rings. The lowest BCUT2D eigenvalue weighted by molar-refractivity contribution is 0.767. The van der Waals surface area contributed by atoms with Gasteiger partial charge in [-0.15, -0.1) is 11.6 Å². The van der Waals surface area contributed by atoms with Crippen molar-refractivity contribution in [1.29, 1.82) is 0 Å².